The first-order valence-electron chi connectivity index (χ1n) is 0.943. The first kappa shape index (κ1) is 26.2. The van der Waals surface area contributed by atoms with Gasteiger partial charge in [0.05, 0.1) is 0 Å². The zero-order valence-electron chi connectivity index (χ0n) is 3.60. The second-order valence-corrected chi connectivity index (χ2v) is 0.192. The van der Waals surface area contributed by atoms with Crippen molar-refractivity contribution >= 4 is 12.9 Å². The van der Waals surface area contributed by atoms with Gasteiger partial charge in [-0.15, -0.1) is 0 Å². The fourth-order valence-electron chi connectivity index (χ4n) is 0. The molecule has 0 radical (unpaired) electrons. The number of carboxylic acid groups (broad SMARTS) is 2. The molecule has 0 aliphatic rings. The predicted molar refractivity (Wildman–Crippen MR) is 15.7 cm³/mol. The summed E-state index contributed by atoms with van der Waals surface area (Å²) in [4.78, 5) is 16.5. The van der Waals surface area contributed by atoms with Gasteiger partial charge in [0.1, 0.15) is 0 Å². The molecule has 0 fully saturated rings. The van der Waals surface area contributed by atoms with Crippen LogP contribution in [0.15, 0.2) is 0 Å². The summed E-state index contributed by atoms with van der Waals surface area (Å²) in [5.41, 5.74) is 0. The number of carbonyl (C=O) groups excluding carboxylic acids is 2. The Hall–Kier alpha value is -0.606. The molecular formula is C2H4NiO5. The van der Waals surface area contributed by atoms with Gasteiger partial charge in [-0.05, 0) is 0 Å². The van der Waals surface area contributed by atoms with Crippen molar-refractivity contribution in [1.29, 1.82) is 0 Å². The number of rotatable bonds is 0. The molecule has 0 bridgehead atoms. The molecule has 0 rings (SSSR count). The van der Waals surface area contributed by atoms with Crippen molar-refractivity contribution in [1.82, 2.24) is 0 Å². The fraction of sp³-hybridized carbons (Fsp3) is 0. The maximum absolute atomic E-state index is 8.25. The van der Waals surface area contributed by atoms with Gasteiger partial charge in [-0.3, -0.25) is 0 Å². The van der Waals surface area contributed by atoms with Crippen LogP contribution in [0.25, 0.3) is 0 Å². The molecular weight excluding hydrogens is 163 g/mol. The second-order valence-electron chi connectivity index (χ2n) is 0.192. The van der Waals surface area contributed by atoms with Crippen LogP contribution in [0.3, 0.4) is 0 Å². The molecule has 0 aromatic carbocycles. The van der Waals surface area contributed by atoms with Gasteiger partial charge < -0.3 is 25.3 Å². The van der Waals surface area contributed by atoms with Crippen molar-refractivity contribution in [3.05, 3.63) is 0 Å². The normalized spacial score (nSPS) is 3.00. The van der Waals surface area contributed by atoms with E-state index in [4.69, 9.17) is 19.8 Å². The minimum atomic E-state index is -0.500. The number of hydrogen-bond donors (Lipinski definition) is 0. The van der Waals surface area contributed by atoms with E-state index in [1.165, 1.54) is 0 Å². The van der Waals surface area contributed by atoms with Crippen LogP contribution >= 0.6 is 0 Å². The van der Waals surface area contributed by atoms with Crippen molar-refractivity contribution in [2.45, 2.75) is 0 Å². The average Bonchev–Trinajstić information content (AvgIpc) is 1.39. The van der Waals surface area contributed by atoms with Crippen LogP contribution in [0.4, 0.5) is 0 Å². The van der Waals surface area contributed by atoms with Crippen molar-refractivity contribution in [2.75, 3.05) is 0 Å². The summed E-state index contributed by atoms with van der Waals surface area (Å²) in [6.07, 6.45) is 0. The molecule has 0 aliphatic heterocycles. The summed E-state index contributed by atoms with van der Waals surface area (Å²) in [6.45, 7) is -1.00. The molecule has 52 valence electrons. The van der Waals surface area contributed by atoms with E-state index in [-0.39, 0.29) is 22.0 Å². The van der Waals surface area contributed by atoms with Crippen LogP contribution in [0.1, 0.15) is 0 Å². The van der Waals surface area contributed by atoms with E-state index < -0.39 is 12.9 Å². The molecule has 0 saturated carbocycles. The molecule has 0 aliphatic carbocycles. The molecule has 0 unspecified atom stereocenters. The predicted octanol–water partition coefficient (Wildman–Crippen LogP) is -4.09. The Balaban J connectivity index is -0.0000000160. The molecule has 0 heterocycles. The SMILES string of the molecule is O.O=C[O-].O=C[O-].[Ni+2]. The van der Waals surface area contributed by atoms with E-state index >= 15 is 0 Å². The summed E-state index contributed by atoms with van der Waals surface area (Å²) >= 11 is 0. The monoisotopic (exact) mass is 166 g/mol. The van der Waals surface area contributed by atoms with E-state index in [9.17, 15) is 0 Å². The molecule has 0 spiro atoms. The second kappa shape index (κ2) is 95.8. The Morgan fingerprint density at radius 3 is 1.00 bits per heavy atom. The van der Waals surface area contributed by atoms with Gasteiger partial charge in [-0.1, -0.05) is 0 Å². The Bertz CT molecular complexity index is 31.4. The van der Waals surface area contributed by atoms with Gasteiger partial charge in [-0.25, -0.2) is 0 Å². The van der Waals surface area contributed by atoms with Gasteiger partial charge in [0, 0.05) is 12.9 Å². The van der Waals surface area contributed by atoms with Crippen LogP contribution in [0.5, 0.6) is 0 Å². The van der Waals surface area contributed by atoms with E-state index in [0.29, 0.717) is 0 Å². The summed E-state index contributed by atoms with van der Waals surface area (Å²) in [7, 11) is 0. The molecule has 0 saturated heterocycles. The summed E-state index contributed by atoms with van der Waals surface area (Å²) in [6, 6.07) is 0. The molecule has 0 aromatic rings. The van der Waals surface area contributed by atoms with Gasteiger partial charge in [-0.2, -0.15) is 0 Å². The van der Waals surface area contributed by atoms with Crippen LogP contribution < -0.4 is 10.2 Å². The topological polar surface area (TPSA) is 112 Å². The Kier molecular flexibility index (Phi) is 314. The smallest absolute Gasteiger partial charge is 0.554 e. The van der Waals surface area contributed by atoms with E-state index in [1.54, 1.807) is 0 Å². The van der Waals surface area contributed by atoms with Crippen LogP contribution in [-0.2, 0) is 26.1 Å². The first-order valence-corrected chi connectivity index (χ1v) is 0.943. The van der Waals surface area contributed by atoms with Gasteiger partial charge in [0.2, 0.25) is 0 Å². The average molecular weight is 167 g/mol. The quantitative estimate of drug-likeness (QED) is 0.269. The van der Waals surface area contributed by atoms with E-state index in [2.05, 4.69) is 0 Å². The molecule has 0 aromatic heterocycles. The van der Waals surface area contributed by atoms with E-state index in [1.807, 2.05) is 0 Å². The van der Waals surface area contributed by atoms with Crippen molar-refractivity contribution in [3.63, 3.8) is 0 Å². The van der Waals surface area contributed by atoms with E-state index in [0.717, 1.165) is 0 Å². The summed E-state index contributed by atoms with van der Waals surface area (Å²) in [5, 5.41) is 16.5. The molecule has 5 nitrogen and oxygen atoms in total. The third-order valence-electron chi connectivity index (χ3n) is 0. The van der Waals surface area contributed by atoms with Crippen molar-refractivity contribution in [2.24, 2.45) is 0 Å². The van der Waals surface area contributed by atoms with Gasteiger partial charge in [0.15, 0.2) is 0 Å². The first-order chi connectivity index (χ1) is 2.83. The third-order valence-corrected chi connectivity index (χ3v) is 0. The standard InChI is InChI=1S/2CH2O2.Ni.H2O/c2*2-1-3;;/h2*1H,(H,2,3);;1H2/q;;+2;/p-2. The number of hydrogen-bond acceptors (Lipinski definition) is 4. The third kappa shape index (κ3) is 283. The zero-order valence-corrected chi connectivity index (χ0v) is 4.59. The molecule has 0 amide bonds. The minimum absolute atomic E-state index is 0. The van der Waals surface area contributed by atoms with Crippen LogP contribution in [0.2, 0.25) is 0 Å². The Morgan fingerprint density at radius 2 is 1.00 bits per heavy atom. The Morgan fingerprint density at radius 1 is 1.00 bits per heavy atom. The van der Waals surface area contributed by atoms with Crippen LogP contribution in [0, 0.1) is 0 Å². The van der Waals surface area contributed by atoms with Gasteiger partial charge >= 0.3 is 16.5 Å². The molecule has 0 atom stereocenters. The molecule has 8 heavy (non-hydrogen) atoms. The van der Waals surface area contributed by atoms with Crippen LogP contribution in [-0.4, -0.2) is 18.4 Å². The summed E-state index contributed by atoms with van der Waals surface area (Å²) in [5.74, 6) is 0. The molecule has 2 N–H and O–H groups in total. The van der Waals surface area contributed by atoms with Crippen molar-refractivity contribution in [3.8, 4) is 0 Å². The molecule has 6 heteroatoms. The largest absolute Gasteiger partial charge is 2.00 e. The van der Waals surface area contributed by atoms with Gasteiger partial charge in [0.25, 0.3) is 0 Å². The Labute approximate surface area is 55.5 Å². The van der Waals surface area contributed by atoms with Crippen molar-refractivity contribution < 1.29 is 41.8 Å². The fourth-order valence-corrected chi connectivity index (χ4v) is 0. The maximum atomic E-state index is 8.25. The summed E-state index contributed by atoms with van der Waals surface area (Å²) < 4.78 is 0. The zero-order chi connectivity index (χ0) is 5.41. The maximum Gasteiger partial charge on any atom is 2.00 e. The minimum Gasteiger partial charge on any atom is -0.554 e. The number of carbonyl (C=O) groups is 2.